The highest BCUT2D eigenvalue weighted by Gasteiger charge is 2.38. The third-order valence-corrected chi connectivity index (χ3v) is 8.22. The number of carbonyl (C=O) groups excluding carboxylic acids is 4. The molecular formula is C30H32ClN8O4S+. The first-order valence-corrected chi connectivity index (χ1v) is 15.0. The Morgan fingerprint density at radius 3 is 2.20 bits per heavy atom. The molecule has 1 aliphatic heterocycles. The van der Waals surface area contributed by atoms with Crippen LogP contribution in [0.2, 0.25) is 0 Å². The lowest BCUT2D eigenvalue weighted by molar-refractivity contribution is -0.849. The van der Waals surface area contributed by atoms with E-state index in [1.165, 1.54) is 12.1 Å². The van der Waals surface area contributed by atoms with Gasteiger partial charge in [0.2, 0.25) is 5.70 Å². The summed E-state index contributed by atoms with van der Waals surface area (Å²) in [5.41, 5.74) is 5.96. The van der Waals surface area contributed by atoms with Gasteiger partial charge in [-0.2, -0.15) is 15.3 Å². The molecule has 0 radical (unpaired) electrons. The smallest absolute Gasteiger partial charge is 0.312 e. The minimum Gasteiger partial charge on any atom is -0.350 e. The van der Waals surface area contributed by atoms with Gasteiger partial charge in [0.05, 0.1) is 23.9 Å². The number of nitriles is 1. The minimum absolute atomic E-state index is 0.190. The van der Waals surface area contributed by atoms with Crippen molar-refractivity contribution in [2.24, 2.45) is 14.1 Å². The Labute approximate surface area is 263 Å². The van der Waals surface area contributed by atoms with E-state index in [1.807, 2.05) is 30.3 Å². The fourth-order valence-corrected chi connectivity index (χ4v) is 5.52. The Morgan fingerprint density at radius 1 is 1.00 bits per heavy atom. The second-order valence-electron chi connectivity index (χ2n) is 10.0. The highest BCUT2D eigenvalue weighted by atomic mass is 35.5. The molecule has 3 aromatic rings. The first-order valence-electron chi connectivity index (χ1n) is 13.5. The van der Waals surface area contributed by atoms with Gasteiger partial charge in [0.15, 0.2) is 0 Å². The summed E-state index contributed by atoms with van der Waals surface area (Å²) in [4.78, 5) is 51.5. The molecule has 1 aromatic carbocycles. The van der Waals surface area contributed by atoms with Crippen molar-refractivity contribution in [2.45, 2.75) is 11.3 Å². The van der Waals surface area contributed by atoms with Gasteiger partial charge in [-0.05, 0) is 29.8 Å². The van der Waals surface area contributed by atoms with Crippen molar-refractivity contribution >= 4 is 64.4 Å². The number of thioether (sulfide) groups is 1. The molecule has 0 fully saturated rings. The van der Waals surface area contributed by atoms with Crippen molar-refractivity contribution in [3.8, 4) is 6.07 Å². The standard InChI is InChI=1S/C30H31ClN8O4S/c1-37-16-22(14-25(37)28(41)33-11-4-10-32)35-29(42)26-15-23(17-38(26)2)36-30(43)27-13-21(18-39(27,3)34-19-40)20-5-7-24(8-6-20)44-12-9-31/h5-8,13-19H,4,9,11-12H2,1-3H3,(H3-,33,34,35,36,40,41,42,43)/p+1. The lowest BCUT2D eigenvalue weighted by atomic mass is 10.1. The van der Waals surface area contributed by atoms with Crippen molar-refractivity contribution < 1.29 is 23.8 Å². The van der Waals surface area contributed by atoms with E-state index in [0.29, 0.717) is 29.4 Å². The molecule has 12 nitrogen and oxygen atoms in total. The SMILES string of the molecule is Cn1cc(NC(=O)c2cc(NC(=O)C3=CC(c4ccc(SCCCl)cc4)=C[N+]3(C)NC=O)cn2C)cc1C(=O)NCCC#N. The van der Waals surface area contributed by atoms with Crippen LogP contribution in [0.4, 0.5) is 11.4 Å². The molecule has 0 bridgehead atoms. The van der Waals surface area contributed by atoms with Crippen LogP contribution in [0.5, 0.6) is 0 Å². The second-order valence-corrected chi connectivity index (χ2v) is 11.6. The number of quaternary nitrogens is 1. The number of hydrogen-bond donors (Lipinski definition) is 4. The molecule has 3 heterocycles. The van der Waals surface area contributed by atoms with Crippen LogP contribution in [0, 0.1) is 11.3 Å². The fraction of sp³-hybridized carbons (Fsp3) is 0.233. The number of nitrogens with zero attached hydrogens (tertiary/aromatic N) is 4. The van der Waals surface area contributed by atoms with E-state index in [9.17, 15) is 19.2 Å². The number of rotatable bonds is 13. The molecule has 0 saturated carbocycles. The second kappa shape index (κ2) is 14.1. The summed E-state index contributed by atoms with van der Waals surface area (Å²) < 4.78 is 2.88. The number of halogens is 1. The normalized spacial score (nSPS) is 15.5. The van der Waals surface area contributed by atoms with E-state index in [2.05, 4.69) is 21.4 Å². The summed E-state index contributed by atoms with van der Waals surface area (Å²) in [5.74, 6) is 0.0779. The molecule has 2 aromatic heterocycles. The zero-order chi connectivity index (χ0) is 31.9. The lowest BCUT2D eigenvalue weighted by Gasteiger charge is -2.25. The van der Waals surface area contributed by atoms with E-state index in [4.69, 9.17) is 16.9 Å². The van der Waals surface area contributed by atoms with Gasteiger partial charge in [0.1, 0.15) is 24.6 Å². The summed E-state index contributed by atoms with van der Waals surface area (Å²) in [6, 6.07) is 12.9. The van der Waals surface area contributed by atoms with Gasteiger partial charge >= 0.3 is 5.91 Å². The number of alkyl halides is 1. The van der Waals surface area contributed by atoms with Crippen LogP contribution >= 0.6 is 23.4 Å². The van der Waals surface area contributed by atoms with Crippen LogP contribution in [0.15, 0.2) is 71.7 Å². The van der Waals surface area contributed by atoms with Crippen molar-refractivity contribution in [3.05, 3.63) is 83.7 Å². The molecule has 0 aliphatic carbocycles. The molecule has 4 rings (SSSR count). The van der Waals surface area contributed by atoms with Crippen molar-refractivity contribution in [2.75, 3.05) is 35.9 Å². The van der Waals surface area contributed by atoms with E-state index in [1.54, 1.807) is 66.7 Å². The monoisotopic (exact) mass is 635 g/mol. The van der Waals surface area contributed by atoms with Crippen LogP contribution < -0.4 is 21.4 Å². The molecule has 228 valence electrons. The predicted octanol–water partition coefficient (Wildman–Crippen LogP) is 3.57. The Hall–Kier alpha value is -4.77. The molecule has 14 heteroatoms. The van der Waals surface area contributed by atoms with Crippen LogP contribution in [-0.2, 0) is 23.7 Å². The first-order chi connectivity index (χ1) is 21.1. The fourth-order valence-electron chi connectivity index (χ4n) is 4.65. The molecule has 1 unspecified atom stereocenters. The number of allylic oxidation sites excluding steroid dienone is 2. The van der Waals surface area contributed by atoms with Gasteiger partial charge in [-0.15, -0.1) is 23.4 Å². The highest BCUT2D eigenvalue weighted by Crippen LogP contribution is 2.32. The largest absolute Gasteiger partial charge is 0.350 e. The molecule has 1 atom stereocenters. The summed E-state index contributed by atoms with van der Waals surface area (Å²) in [7, 11) is 5.02. The average Bonchev–Trinajstić information content (AvgIpc) is 3.66. The number of aromatic nitrogens is 2. The Morgan fingerprint density at radius 2 is 1.61 bits per heavy atom. The maximum atomic E-state index is 13.5. The van der Waals surface area contributed by atoms with Gasteiger partial charge in [-0.1, -0.05) is 12.1 Å². The third kappa shape index (κ3) is 7.41. The number of amides is 4. The van der Waals surface area contributed by atoms with E-state index in [-0.39, 0.29) is 34.9 Å². The molecule has 1 aliphatic rings. The van der Waals surface area contributed by atoms with Gasteiger partial charge in [0, 0.05) is 61.2 Å². The number of anilines is 2. The van der Waals surface area contributed by atoms with Crippen molar-refractivity contribution in [1.29, 1.82) is 5.26 Å². The number of carbonyl (C=O) groups is 4. The molecule has 44 heavy (non-hydrogen) atoms. The molecule has 4 amide bonds. The zero-order valence-electron chi connectivity index (χ0n) is 24.4. The number of nitrogens with one attached hydrogen (secondary N) is 4. The Balaban J connectivity index is 1.47. The number of likely N-dealkylation sites (N-methyl/N-ethyl adjacent to an activating group) is 1. The Kier molecular flexibility index (Phi) is 10.3. The lowest BCUT2D eigenvalue weighted by Crippen LogP contribution is -2.50. The highest BCUT2D eigenvalue weighted by molar-refractivity contribution is 7.99. The maximum absolute atomic E-state index is 13.5. The van der Waals surface area contributed by atoms with Gasteiger partial charge in [-0.25, -0.2) is 0 Å². The molecule has 4 N–H and O–H groups in total. The Bertz CT molecular complexity index is 1690. The quantitative estimate of drug-likeness (QED) is 0.0742. The van der Waals surface area contributed by atoms with Crippen molar-refractivity contribution in [1.82, 2.24) is 19.9 Å². The molecule has 0 spiro atoms. The number of hydrogen-bond acceptors (Lipinski definition) is 6. The van der Waals surface area contributed by atoms with E-state index >= 15 is 0 Å². The molecule has 0 saturated heterocycles. The summed E-state index contributed by atoms with van der Waals surface area (Å²) in [6.07, 6.45) is 7.41. The summed E-state index contributed by atoms with van der Waals surface area (Å²) in [6.45, 7) is 0.222. The number of benzene rings is 1. The zero-order valence-corrected chi connectivity index (χ0v) is 26.0. The van der Waals surface area contributed by atoms with Gasteiger partial charge in [0.25, 0.3) is 18.2 Å². The van der Waals surface area contributed by atoms with Crippen LogP contribution in [0.1, 0.15) is 33.0 Å². The average molecular weight is 636 g/mol. The van der Waals surface area contributed by atoms with Gasteiger partial charge in [-0.3, -0.25) is 19.2 Å². The summed E-state index contributed by atoms with van der Waals surface area (Å²) >= 11 is 7.43. The van der Waals surface area contributed by atoms with Crippen molar-refractivity contribution in [3.63, 3.8) is 0 Å². The minimum atomic E-state index is -0.463. The van der Waals surface area contributed by atoms with E-state index in [0.717, 1.165) is 21.8 Å². The number of aryl methyl sites for hydroxylation is 2. The predicted molar refractivity (Wildman–Crippen MR) is 169 cm³/mol. The first kappa shape index (κ1) is 32.2. The summed E-state index contributed by atoms with van der Waals surface area (Å²) in [5, 5.41) is 16.9. The van der Waals surface area contributed by atoms with Crippen LogP contribution in [-0.4, -0.2) is 63.1 Å². The van der Waals surface area contributed by atoms with Gasteiger partial charge < -0.3 is 25.1 Å². The van der Waals surface area contributed by atoms with Crippen LogP contribution in [0.25, 0.3) is 5.57 Å². The third-order valence-electron chi connectivity index (χ3n) is 6.79. The molecular weight excluding hydrogens is 604 g/mol. The topological polar surface area (TPSA) is 150 Å². The van der Waals surface area contributed by atoms with E-state index < -0.39 is 11.8 Å². The maximum Gasteiger partial charge on any atom is 0.312 e. The van der Waals surface area contributed by atoms with Crippen LogP contribution in [0.3, 0.4) is 0 Å².